The number of hydrogen-bond donors (Lipinski definition) is 1. The van der Waals surface area contributed by atoms with Crippen LogP contribution in [0.5, 0.6) is 0 Å². The Bertz CT molecular complexity index is 324. The summed E-state index contributed by atoms with van der Waals surface area (Å²) in [6.45, 7) is 7.69. The lowest BCUT2D eigenvalue weighted by molar-refractivity contribution is -0.314. The van der Waals surface area contributed by atoms with Gasteiger partial charge in [0.15, 0.2) is 0 Å². The number of ether oxygens (including phenoxy) is 1. The van der Waals surface area contributed by atoms with Crippen LogP contribution in [0.3, 0.4) is 0 Å². The Kier molecular flexibility index (Phi) is 3.66. The summed E-state index contributed by atoms with van der Waals surface area (Å²) in [6.07, 6.45) is -0.494. The van der Waals surface area contributed by atoms with Crippen LogP contribution in [-0.2, 0) is 9.53 Å². The first kappa shape index (κ1) is 13.8. The van der Waals surface area contributed by atoms with Gasteiger partial charge in [-0.1, -0.05) is 0 Å². The quantitative estimate of drug-likeness (QED) is 0.661. The van der Waals surface area contributed by atoms with E-state index in [-0.39, 0.29) is 6.54 Å². The minimum absolute atomic E-state index is 0.0459. The van der Waals surface area contributed by atoms with E-state index in [1.165, 1.54) is 11.8 Å². The number of carbonyl (C=O) groups is 2. The summed E-state index contributed by atoms with van der Waals surface area (Å²) in [5, 5.41) is 13.8. The summed E-state index contributed by atoms with van der Waals surface area (Å²) < 4.78 is 5.20. The lowest BCUT2D eigenvalue weighted by Crippen LogP contribution is -2.67. The second-order valence-electron chi connectivity index (χ2n) is 5.45. The van der Waals surface area contributed by atoms with Gasteiger partial charge in [-0.05, 0) is 27.7 Å². The molecule has 1 saturated heterocycles. The Hall–Kier alpha value is -1.30. The topological polar surface area (TPSA) is 81.7 Å². The fourth-order valence-electron chi connectivity index (χ4n) is 1.60. The largest absolute Gasteiger partial charge is 0.548 e. The van der Waals surface area contributed by atoms with E-state index in [0.29, 0.717) is 13.1 Å². The minimum Gasteiger partial charge on any atom is -0.548 e. The number of carboxylic acid groups (broad SMARTS) is 1. The molecular weight excluding hydrogens is 224 g/mol. The summed E-state index contributed by atoms with van der Waals surface area (Å²) in [5.41, 5.74) is -1.80. The molecule has 17 heavy (non-hydrogen) atoms. The number of rotatable bonds is 1. The zero-order valence-corrected chi connectivity index (χ0v) is 10.7. The average molecular weight is 243 g/mol. The third-order valence-corrected chi connectivity index (χ3v) is 2.51. The molecule has 0 spiro atoms. The Morgan fingerprint density at radius 3 is 2.47 bits per heavy atom. The third-order valence-electron chi connectivity index (χ3n) is 2.51. The smallest absolute Gasteiger partial charge is 0.410 e. The molecule has 1 fully saturated rings. The molecule has 0 aromatic carbocycles. The van der Waals surface area contributed by atoms with Crippen molar-refractivity contribution < 1.29 is 19.4 Å². The molecule has 0 radical (unpaired) electrons. The lowest BCUT2D eigenvalue weighted by Gasteiger charge is -2.42. The Morgan fingerprint density at radius 1 is 1.41 bits per heavy atom. The fraction of sp³-hybridized carbons (Fsp3) is 0.818. The van der Waals surface area contributed by atoms with Crippen molar-refractivity contribution in [2.45, 2.75) is 38.8 Å². The van der Waals surface area contributed by atoms with Gasteiger partial charge in [0.2, 0.25) is 0 Å². The van der Waals surface area contributed by atoms with Gasteiger partial charge in [-0.2, -0.15) is 0 Å². The molecular formula is C11H19N2O4-. The standard InChI is InChI=1S/C11H20N2O4/c1-10(2,3)17-9(16)13-6-5-12-11(4,7-13)8(14)15/h12H,5-7H2,1-4H3,(H,14,15)/p-1/t11-/m1/s1. The average Bonchev–Trinajstić information content (AvgIpc) is 2.15. The van der Waals surface area contributed by atoms with Gasteiger partial charge in [0.1, 0.15) is 5.60 Å². The maximum absolute atomic E-state index is 11.8. The molecule has 0 aromatic heterocycles. The predicted octanol–water partition coefficient (Wildman–Crippen LogP) is -0.665. The van der Waals surface area contributed by atoms with Crippen LogP contribution in [0.15, 0.2) is 0 Å². The van der Waals surface area contributed by atoms with Crippen molar-refractivity contribution >= 4 is 12.1 Å². The van der Waals surface area contributed by atoms with Crippen LogP contribution in [0.1, 0.15) is 27.7 Å². The minimum atomic E-state index is -1.22. The summed E-state index contributed by atoms with van der Waals surface area (Å²) in [7, 11) is 0. The number of aliphatic carboxylic acids is 1. The summed E-state index contributed by atoms with van der Waals surface area (Å²) in [4.78, 5) is 24.2. The Morgan fingerprint density at radius 2 is 2.00 bits per heavy atom. The highest BCUT2D eigenvalue weighted by atomic mass is 16.6. The van der Waals surface area contributed by atoms with Crippen LogP contribution in [0.2, 0.25) is 0 Å². The maximum atomic E-state index is 11.8. The number of amides is 1. The van der Waals surface area contributed by atoms with Gasteiger partial charge < -0.3 is 24.9 Å². The van der Waals surface area contributed by atoms with Gasteiger partial charge in [-0.25, -0.2) is 4.79 Å². The van der Waals surface area contributed by atoms with Gasteiger partial charge in [0.25, 0.3) is 0 Å². The first-order chi connectivity index (χ1) is 7.64. The highest BCUT2D eigenvalue weighted by Gasteiger charge is 2.35. The second-order valence-corrected chi connectivity index (χ2v) is 5.45. The SMILES string of the molecule is CC(C)(C)OC(=O)N1CCN[C@@](C)(C(=O)[O-])C1. The van der Waals surface area contributed by atoms with Crippen molar-refractivity contribution in [3.8, 4) is 0 Å². The van der Waals surface area contributed by atoms with Crippen molar-refractivity contribution in [3.05, 3.63) is 0 Å². The highest BCUT2D eigenvalue weighted by Crippen LogP contribution is 2.15. The molecule has 1 amide bonds. The third kappa shape index (κ3) is 3.59. The molecule has 0 aromatic rings. The van der Waals surface area contributed by atoms with Crippen molar-refractivity contribution in [2.75, 3.05) is 19.6 Å². The number of hydrogen-bond acceptors (Lipinski definition) is 5. The first-order valence-corrected chi connectivity index (χ1v) is 5.58. The molecule has 6 nitrogen and oxygen atoms in total. The molecule has 0 unspecified atom stereocenters. The molecule has 1 N–H and O–H groups in total. The molecule has 1 heterocycles. The van der Waals surface area contributed by atoms with E-state index in [1.807, 2.05) is 0 Å². The van der Waals surface area contributed by atoms with Gasteiger partial charge in [-0.3, -0.25) is 0 Å². The van der Waals surface area contributed by atoms with Gasteiger partial charge in [-0.15, -0.1) is 0 Å². The Labute approximate surface area is 101 Å². The fourth-order valence-corrected chi connectivity index (χ4v) is 1.60. The van der Waals surface area contributed by atoms with Crippen molar-refractivity contribution in [1.29, 1.82) is 0 Å². The van der Waals surface area contributed by atoms with Gasteiger partial charge in [0, 0.05) is 19.6 Å². The molecule has 98 valence electrons. The predicted molar refractivity (Wildman–Crippen MR) is 59.2 cm³/mol. The number of nitrogens with one attached hydrogen (secondary N) is 1. The summed E-state index contributed by atoms with van der Waals surface area (Å²) in [5.74, 6) is -1.22. The van der Waals surface area contributed by atoms with Crippen LogP contribution in [0.4, 0.5) is 4.79 Å². The molecule has 1 aliphatic heterocycles. The van der Waals surface area contributed by atoms with E-state index in [4.69, 9.17) is 4.74 Å². The molecule has 0 bridgehead atoms. The monoisotopic (exact) mass is 243 g/mol. The molecule has 6 heteroatoms. The normalized spacial score (nSPS) is 25.5. The second kappa shape index (κ2) is 4.52. The highest BCUT2D eigenvalue weighted by molar-refractivity contribution is 5.78. The number of carboxylic acids is 1. The lowest BCUT2D eigenvalue weighted by atomic mass is 10.00. The van der Waals surface area contributed by atoms with Crippen LogP contribution in [-0.4, -0.2) is 47.7 Å². The zero-order valence-electron chi connectivity index (χ0n) is 10.7. The number of carbonyl (C=O) groups excluding carboxylic acids is 2. The van der Waals surface area contributed by atoms with Crippen molar-refractivity contribution in [1.82, 2.24) is 10.2 Å². The van der Waals surface area contributed by atoms with E-state index < -0.39 is 23.2 Å². The van der Waals surface area contributed by atoms with Crippen molar-refractivity contribution in [3.63, 3.8) is 0 Å². The molecule has 0 aliphatic carbocycles. The summed E-state index contributed by atoms with van der Waals surface area (Å²) >= 11 is 0. The zero-order chi connectivity index (χ0) is 13.3. The maximum Gasteiger partial charge on any atom is 0.410 e. The number of nitrogens with zero attached hydrogens (tertiary/aromatic N) is 1. The van der Waals surface area contributed by atoms with E-state index in [2.05, 4.69) is 5.32 Å². The van der Waals surface area contributed by atoms with E-state index in [1.54, 1.807) is 20.8 Å². The number of piperazine rings is 1. The first-order valence-electron chi connectivity index (χ1n) is 5.58. The van der Waals surface area contributed by atoms with Crippen molar-refractivity contribution in [2.24, 2.45) is 0 Å². The Balaban J connectivity index is 2.67. The van der Waals surface area contributed by atoms with Crippen LogP contribution < -0.4 is 10.4 Å². The molecule has 0 saturated carbocycles. The van der Waals surface area contributed by atoms with E-state index in [9.17, 15) is 14.7 Å². The summed E-state index contributed by atoms with van der Waals surface area (Å²) in [6, 6.07) is 0. The van der Waals surface area contributed by atoms with E-state index >= 15 is 0 Å². The van der Waals surface area contributed by atoms with E-state index in [0.717, 1.165) is 0 Å². The van der Waals surface area contributed by atoms with Crippen LogP contribution >= 0.6 is 0 Å². The molecule has 1 atom stereocenters. The van der Waals surface area contributed by atoms with Crippen LogP contribution in [0.25, 0.3) is 0 Å². The molecule has 1 aliphatic rings. The van der Waals surface area contributed by atoms with Gasteiger partial charge >= 0.3 is 6.09 Å². The van der Waals surface area contributed by atoms with Crippen LogP contribution in [0, 0.1) is 0 Å². The van der Waals surface area contributed by atoms with Gasteiger partial charge in [0.05, 0.1) is 11.5 Å². The molecule has 1 rings (SSSR count).